The van der Waals surface area contributed by atoms with Crippen molar-refractivity contribution < 1.29 is 18.4 Å². The lowest BCUT2D eigenvalue weighted by Gasteiger charge is -2.07. The molecule has 0 aliphatic rings. The molecule has 0 fully saturated rings. The Labute approximate surface area is 122 Å². The lowest BCUT2D eigenvalue weighted by molar-refractivity contribution is -0.136. The van der Waals surface area contributed by atoms with E-state index in [1.807, 2.05) is 0 Å². The van der Waals surface area contributed by atoms with Crippen molar-refractivity contribution in [3.05, 3.63) is 29.8 Å². The first-order chi connectivity index (χ1) is 10.0. The molecule has 0 radical (unpaired) electrons. The summed E-state index contributed by atoms with van der Waals surface area (Å²) in [6.07, 6.45) is 5.17. The fourth-order valence-corrected chi connectivity index (χ4v) is 1.78. The number of benzene rings is 1. The van der Waals surface area contributed by atoms with Crippen molar-refractivity contribution in [3.63, 3.8) is 0 Å². The van der Waals surface area contributed by atoms with Crippen molar-refractivity contribution in [2.75, 3.05) is 11.9 Å². The minimum absolute atomic E-state index is 0.223. The third-order valence-electron chi connectivity index (χ3n) is 2.95. The molecule has 21 heavy (non-hydrogen) atoms. The Morgan fingerprint density at radius 2 is 1.76 bits per heavy atom. The monoisotopic (exact) mass is 298 g/mol. The van der Waals surface area contributed by atoms with E-state index in [0.29, 0.717) is 12.6 Å². The minimum Gasteiger partial charge on any atom is -0.348 e. The average Bonchev–Trinajstić information content (AvgIpc) is 2.45. The Hall–Kier alpha value is -1.98. The topological polar surface area (TPSA) is 58.2 Å². The maximum absolute atomic E-state index is 13.3. The highest BCUT2D eigenvalue weighted by atomic mass is 19.1. The first-order valence-electron chi connectivity index (χ1n) is 7.08. The van der Waals surface area contributed by atoms with Gasteiger partial charge < -0.3 is 10.6 Å². The number of rotatable bonds is 7. The fraction of sp³-hybridized carbons (Fsp3) is 0.467. The van der Waals surface area contributed by atoms with Crippen molar-refractivity contribution >= 4 is 17.5 Å². The van der Waals surface area contributed by atoms with Crippen LogP contribution in [0.2, 0.25) is 0 Å². The smallest absolute Gasteiger partial charge is 0.313 e. The standard InChI is InChI=1S/C15H20F2N2O2/c1-2-3-4-5-6-9-18-14(20)15(21)19-13-8-7-11(16)10-12(13)17/h7-8,10H,2-6,9H2,1H3,(H,18,20)(H,19,21). The molecule has 0 saturated carbocycles. The molecule has 0 spiro atoms. The van der Waals surface area contributed by atoms with Gasteiger partial charge in [0.1, 0.15) is 11.6 Å². The Morgan fingerprint density at radius 1 is 1.05 bits per heavy atom. The second-order valence-corrected chi connectivity index (χ2v) is 4.75. The van der Waals surface area contributed by atoms with Crippen LogP contribution in [0.5, 0.6) is 0 Å². The highest BCUT2D eigenvalue weighted by Gasteiger charge is 2.15. The molecule has 2 N–H and O–H groups in total. The summed E-state index contributed by atoms with van der Waals surface area (Å²) in [6, 6.07) is 2.71. The van der Waals surface area contributed by atoms with Crippen LogP contribution >= 0.6 is 0 Å². The number of hydrogen-bond donors (Lipinski definition) is 2. The Balaban J connectivity index is 2.32. The third kappa shape index (κ3) is 6.33. The van der Waals surface area contributed by atoms with E-state index < -0.39 is 23.4 Å². The van der Waals surface area contributed by atoms with Gasteiger partial charge in [-0.3, -0.25) is 9.59 Å². The maximum atomic E-state index is 13.3. The van der Waals surface area contributed by atoms with Crippen LogP contribution < -0.4 is 10.6 Å². The number of carbonyl (C=O) groups excluding carboxylic acids is 2. The second-order valence-electron chi connectivity index (χ2n) is 4.75. The summed E-state index contributed by atoms with van der Waals surface area (Å²) in [6.45, 7) is 2.52. The molecule has 0 atom stereocenters. The van der Waals surface area contributed by atoms with Crippen LogP contribution in [0, 0.1) is 11.6 Å². The van der Waals surface area contributed by atoms with Gasteiger partial charge in [-0.15, -0.1) is 0 Å². The lowest BCUT2D eigenvalue weighted by Crippen LogP contribution is -2.36. The molecule has 0 saturated heterocycles. The van der Waals surface area contributed by atoms with Crippen LogP contribution in [0.25, 0.3) is 0 Å². The molecule has 1 rings (SSSR count). The van der Waals surface area contributed by atoms with Gasteiger partial charge in [-0.2, -0.15) is 0 Å². The number of carbonyl (C=O) groups is 2. The van der Waals surface area contributed by atoms with Gasteiger partial charge in [-0.25, -0.2) is 8.78 Å². The van der Waals surface area contributed by atoms with Crippen LogP contribution in [0.4, 0.5) is 14.5 Å². The minimum atomic E-state index is -0.964. The summed E-state index contributed by atoms with van der Waals surface area (Å²) in [5, 5.41) is 4.57. The molecule has 116 valence electrons. The third-order valence-corrected chi connectivity index (χ3v) is 2.95. The van der Waals surface area contributed by atoms with Crippen molar-refractivity contribution in [1.29, 1.82) is 0 Å². The largest absolute Gasteiger partial charge is 0.348 e. The molecule has 0 heterocycles. The van der Waals surface area contributed by atoms with Crippen molar-refractivity contribution in [2.45, 2.75) is 39.0 Å². The maximum Gasteiger partial charge on any atom is 0.313 e. The van der Waals surface area contributed by atoms with E-state index in [0.717, 1.165) is 44.2 Å². The molecule has 6 heteroatoms. The Bertz CT molecular complexity index is 493. The average molecular weight is 298 g/mol. The lowest BCUT2D eigenvalue weighted by atomic mass is 10.1. The van der Waals surface area contributed by atoms with E-state index in [2.05, 4.69) is 17.6 Å². The molecular formula is C15H20F2N2O2. The summed E-state index contributed by atoms with van der Waals surface area (Å²) in [5.41, 5.74) is -0.223. The Morgan fingerprint density at radius 3 is 2.43 bits per heavy atom. The van der Waals surface area contributed by atoms with Gasteiger partial charge in [0, 0.05) is 12.6 Å². The highest BCUT2D eigenvalue weighted by molar-refractivity contribution is 6.39. The zero-order valence-corrected chi connectivity index (χ0v) is 12.0. The van der Waals surface area contributed by atoms with E-state index in [4.69, 9.17) is 0 Å². The van der Waals surface area contributed by atoms with E-state index in [9.17, 15) is 18.4 Å². The molecule has 4 nitrogen and oxygen atoms in total. The summed E-state index contributed by atoms with van der Waals surface area (Å²) in [4.78, 5) is 23.0. The quantitative estimate of drug-likeness (QED) is 0.600. The molecular weight excluding hydrogens is 278 g/mol. The van der Waals surface area contributed by atoms with Gasteiger partial charge in [-0.05, 0) is 18.6 Å². The van der Waals surface area contributed by atoms with Gasteiger partial charge >= 0.3 is 11.8 Å². The van der Waals surface area contributed by atoms with Crippen LogP contribution in [0.3, 0.4) is 0 Å². The Kier molecular flexibility index (Phi) is 7.36. The van der Waals surface area contributed by atoms with E-state index in [1.54, 1.807) is 0 Å². The number of halogens is 2. The molecule has 0 aliphatic heterocycles. The summed E-state index contributed by atoms with van der Waals surface area (Å²) >= 11 is 0. The normalized spacial score (nSPS) is 10.2. The summed E-state index contributed by atoms with van der Waals surface area (Å²) in [7, 11) is 0. The predicted molar refractivity (Wildman–Crippen MR) is 76.8 cm³/mol. The van der Waals surface area contributed by atoms with E-state index in [-0.39, 0.29) is 5.69 Å². The van der Waals surface area contributed by atoms with Gasteiger partial charge in [-0.1, -0.05) is 32.6 Å². The number of anilines is 1. The number of hydrogen-bond acceptors (Lipinski definition) is 2. The molecule has 0 aliphatic carbocycles. The zero-order valence-electron chi connectivity index (χ0n) is 12.0. The summed E-state index contributed by atoms with van der Waals surface area (Å²) < 4.78 is 26.0. The first kappa shape index (κ1) is 17.1. The van der Waals surface area contributed by atoms with Gasteiger partial charge in [0.15, 0.2) is 0 Å². The number of unbranched alkanes of at least 4 members (excludes halogenated alkanes) is 4. The SMILES string of the molecule is CCCCCCCNC(=O)C(=O)Nc1ccc(F)cc1F. The molecule has 0 unspecified atom stereocenters. The highest BCUT2D eigenvalue weighted by Crippen LogP contribution is 2.14. The van der Waals surface area contributed by atoms with E-state index in [1.165, 1.54) is 0 Å². The molecule has 1 aromatic rings. The van der Waals surface area contributed by atoms with Crippen LogP contribution in [-0.2, 0) is 9.59 Å². The van der Waals surface area contributed by atoms with Crippen molar-refractivity contribution in [1.82, 2.24) is 5.32 Å². The van der Waals surface area contributed by atoms with Crippen LogP contribution in [0.1, 0.15) is 39.0 Å². The number of amides is 2. The predicted octanol–water partition coefficient (Wildman–Crippen LogP) is 2.99. The van der Waals surface area contributed by atoms with Gasteiger partial charge in [0.25, 0.3) is 0 Å². The first-order valence-corrected chi connectivity index (χ1v) is 7.08. The number of nitrogens with one attached hydrogen (secondary N) is 2. The molecule has 2 amide bonds. The van der Waals surface area contributed by atoms with Crippen molar-refractivity contribution in [2.24, 2.45) is 0 Å². The van der Waals surface area contributed by atoms with E-state index >= 15 is 0 Å². The van der Waals surface area contributed by atoms with Gasteiger partial charge in [0.05, 0.1) is 5.69 Å². The zero-order chi connectivity index (χ0) is 15.7. The van der Waals surface area contributed by atoms with Gasteiger partial charge in [0.2, 0.25) is 0 Å². The molecule has 0 bridgehead atoms. The van der Waals surface area contributed by atoms with Crippen LogP contribution in [-0.4, -0.2) is 18.4 Å². The summed E-state index contributed by atoms with van der Waals surface area (Å²) in [5.74, 6) is -3.46. The molecule has 1 aromatic carbocycles. The van der Waals surface area contributed by atoms with Crippen LogP contribution in [0.15, 0.2) is 18.2 Å². The second kappa shape index (κ2) is 9.05. The molecule has 0 aromatic heterocycles. The fourth-order valence-electron chi connectivity index (χ4n) is 1.78. The van der Waals surface area contributed by atoms with Crippen molar-refractivity contribution in [3.8, 4) is 0 Å².